The predicted molar refractivity (Wildman–Crippen MR) is 65.1 cm³/mol. The zero-order valence-electron chi connectivity index (χ0n) is 11.0. The monoisotopic (exact) mass is 213 g/mol. The van der Waals surface area contributed by atoms with E-state index in [0.29, 0.717) is 12.1 Å². The van der Waals surface area contributed by atoms with Crippen molar-refractivity contribution < 1.29 is 4.74 Å². The van der Waals surface area contributed by atoms with E-state index >= 15 is 0 Å². The molecule has 1 aliphatic rings. The van der Waals surface area contributed by atoms with Gasteiger partial charge in [0.25, 0.3) is 0 Å². The summed E-state index contributed by atoms with van der Waals surface area (Å²) in [5, 5.41) is 3.55. The van der Waals surface area contributed by atoms with E-state index in [2.05, 4.69) is 39.9 Å². The van der Waals surface area contributed by atoms with Gasteiger partial charge >= 0.3 is 0 Å². The predicted octanol–water partition coefficient (Wildman–Crippen LogP) is 2.97. The van der Waals surface area contributed by atoms with Crippen molar-refractivity contribution in [1.82, 2.24) is 5.32 Å². The fraction of sp³-hybridized carbons (Fsp3) is 1.00. The maximum Gasteiger partial charge on any atom is 0.0737 e. The average molecular weight is 213 g/mol. The molecule has 0 amide bonds. The van der Waals surface area contributed by atoms with Gasteiger partial charge in [0.2, 0.25) is 0 Å². The fourth-order valence-corrected chi connectivity index (χ4v) is 2.41. The summed E-state index contributed by atoms with van der Waals surface area (Å²) in [7, 11) is 0. The minimum absolute atomic E-state index is 0.0185. The van der Waals surface area contributed by atoms with Crippen molar-refractivity contribution in [2.24, 2.45) is 5.92 Å². The molecule has 3 atom stereocenters. The highest BCUT2D eigenvalue weighted by atomic mass is 16.5. The molecule has 0 aromatic carbocycles. The van der Waals surface area contributed by atoms with Crippen LogP contribution in [-0.2, 0) is 4.74 Å². The van der Waals surface area contributed by atoms with Crippen LogP contribution in [0.15, 0.2) is 0 Å². The molecule has 0 aliphatic heterocycles. The van der Waals surface area contributed by atoms with Crippen LogP contribution in [0.5, 0.6) is 0 Å². The number of nitrogens with one attached hydrogen (secondary N) is 1. The smallest absolute Gasteiger partial charge is 0.0737 e. The lowest BCUT2D eigenvalue weighted by Gasteiger charge is -2.39. The molecule has 0 heterocycles. The topological polar surface area (TPSA) is 21.3 Å². The number of hydrogen-bond donors (Lipinski definition) is 1. The molecule has 0 aromatic rings. The highest BCUT2D eigenvalue weighted by molar-refractivity contribution is 4.85. The second-order valence-corrected chi connectivity index (χ2v) is 5.85. The van der Waals surface area contributed by atoms with E-state index in [0.717, 1.165) is 12.5 Å². The van der Waals surface area contributed by atoms with E-state index in [1.807, 2.05) is 0 Å². The zero-order chi connectivity index (χ0) is 11.5. The molecule has 2 nitrogen and oxygen atoms in total. The maximum absolute atomic E-state index is 6.15. The van der Waals surface area contributed by atoms with E-state index in [1.54, 1.807) is 0 Å². The van der Waals surface area contributed by atoms with Crippen molar-refractivity contribution in [2.75, 3.05) is 6.54 Å². The van der Waals surface area contributed by atoms with Gasteiger partial charge in [-0.05, 0) is 52.5 Å². The molecule has 2 heteroatoms. The van der Waals surface area contributed by atoms with E-state index < -0.39 is 0 Å². The largest absolute Gasteiger partial charge is 0.371 e. The van der Waals surface area contributed by atoms with Crippen molar-refractivity contribution >= 4 is 0 Å². The molecule has 0 aromatic heterocycles. The highest BCUT2D eigenvalue weighted by Gasteiger charge is 2.31. The molecule has 3 unspecified atom stereocenters. The van der Waals surface area contributed by atoms with Gasteiger partial charge in [-0.25, -0.2) is 0 Å². The molecule has 1 saturated carbocycles. The first kappa shape index (κ1) is 13.0. The molecule has 0 bridgehead atoms. The average Bonchev–Trinajstić information content (AvgIpc) is 2.07. The Bertz CT molecular complexity index is 185. The van der Waals surface area contributed by atoms with Gasteiger partial charge in [0, 0.05) is 6.04 Å². The zero-order valence-corrected chi connectivity index (χ0v) is 11.0. The Balaban J connectivity index is 2.54. The van der Waals surface area contributed by atoms with Gasteiger partial charge in [-0.1, -0.05) is 13.8 Å². The van der Waals surface area contributed by atoms with Crippen LogP contribution in [0.4, 0.5) is 0 Å². The van der Waals surface area contributed by atoms with Crippen LogP contribution in [0.25, 0.3) is 0 Å². The van der Waals surface area contributed by atoms with Crippen molar-refractivity contribution in [3.63, 3.8) is 0 Å². The first-order chi connectivity index (χ1) is 6.92. The van der Waals surface area contributed by atoms with Crippen LogP contribution < -0.4 is 5.32 Å². The number of likely N-dealkylation sites (N-methyl/N-ethyl adjacent to an activating group) is 1. The molecule has 1 N–H and O–H groups in total. The van der Waals surface area contributed by atoms with Crippen LogP contribution in [0.3, 0.4) is 0 Å². The Hall–Kier alpha value is -0.0800. The van der Waals surface area contributed by atoms with Crippen molar-refractivity contribution in [1.29, 1.82) is 0 Å². The number of ether oxygens (including phenoxy) is 1. The lowest BCUT2D eigenvalue weighted by atomic mass is 9.84. The van der Waals surface area contributed by atoms with Gasteiger partial charge in [-0.15, -0.1) is 0 Å². The Labute approximate surface area is 94.8 Å². The lowest BCUT2D eigenvalue weighted by Crippen LogP contribution is -2.47. The molecular weight excluding hydrogens is 186 g/mol. The minimum Gasteiger partial charge on any atom is -0.371 e. The van der Waals surface area contributed by atoms with E-state index in [-0.39, 0.29) is 5.60 Å². The Morgan fingerprint density at radius 1 is 1.27 bits per heavy atom. The van der Waals surface area contributed by atoms with E-state index in [4.69, 9.17) is 4.74 Å². The summed E-state index contributed by atoms with van der Waals surface area (Å²) in [5.74, 6) is 0.812. The molecule has 15 heavy (non-hydrogen) atoms. The van der Waals surface area contributed by atoms with E-state index in [1.165, 1.54) is 19.3 Å². The third-order valence-electron chi connectivity index (χ3n) is 3.03. The van der Waals surface area contributed by atoms with Gasteiger partial charge in [0.05, 0.1) is 11.7 Å². The third-order valence-corrected chi connectivity index (χ3v) is 3.03. The summed E-state index contributed by atoms with van der Waals surface area (Å²) >= 11 is 0. The second kappa shape index (κ2) is 5.31. The van der Waals surface area contributed by atoms with Crippen LogP contribution in [0.1, 0.15) is 53.9 Å². The molecule has 1 fully saturated rings. The lowest BCUT2D eigenvalue weighted by molar-refractivity contribution is -0.0938. The van der Waals surface area contributed by atoms with Gasteiger partial charge in [-0.2, -0.15) is 0 Å². The molecule has 1 rings (SSSR count). The van der Waals surface area contributed by atoms with Gasteiger partial charge in [-0.3, -0.25) is 0 Å². The molecule has 0 saturated heterocycles. The summed E-state index contributed by atoms with van der Waals surface area (Å²) in [4.78, 5) is 0. The quantitative estimate of drug-likeness (QED) is 0.778. The van der Waals surface area contributed by atoms with Crippen LogP contribution >= 0.6 is 0 Å². The van der Waals surface area contributed by atoms with Crippen LogP contribution in [0.2, 0.25) is 0 Å². The molecule has 0 radical (unpaired) electrons. The normalized spacial score (nSPS) is 33.0. The van der Waals surface area contributed by atoms with Crippen LogP contribution in [-0.4, -0.2) is 24.3 Å². The standard InChI is InChI=1S/C13H27NO/c1-6-14-11-8-7-10(2)9-12(11)15-13(3,4)5/h10-12,14H,6-9H2,1-5H3. The third kappa shape index (κ3) is 4.52. The Kier molecular flexibility index (Phi) is 4.60. The van der Waals surface area contributed by atoms with Gasteiger partial charge in [0.1, 0.15) is 0 Å². The molecule has 0 spiro atoms. The van der Waals surface area contributed by atoms with Crippen LogP contribution in [0, 0.1) is 5.92 Å². The fourth-order valence-electron chi connectivity index (χ4n) is 2.41. The number of hydrogen-bond acceptors (Lipinski definition) is 2. The summed E-state index contributed by atoms with van der Waals surface area (Å²) in [6, 6.07) is 0.561. The maximum atomic E-state index is 6.15. The minimum atomic E-state index is -0.0185. The first-order valence-electron chi connectivity index (χ1n) is 6.33. The first-order valence-corrected chi connectivity index (χ1v) is 6.33. The SMILES string of the molecule is CCNC1CCC(C)CC1OC(C)(C)C. The Morgan fingerprint density at radius 2 is 1.93 bits per heavy atom. The van der Waals surface area contributed by atoms with Crippen molar-refractivity contribution in [2.45, 2.75) is 71.6 Å². The second-order valence-electron chi connectivity index (χ2n) is 5.85. The summed E-state index contributed by atoms with van der Waals surface area (Å²) in [6.45, 7) is 12.0. The summed E-state index contributed by atoms with van der Waals surface area (Å²) in [5.41, 5.74) is -0.0185. The summed E-state index contributed by atoms with van der Waals surface area (Å²) < 4.78 is 6.15. The van der Waals surface area contributed by atoms with E-state index in [9.17, 15) is 0 Å². The van der Waals surface area contributed by atoms with Crippen molar-refractivity contribution in [3.8, 4) is 0 Å². The molecule has 90 valence electrons. The summed E-state index contributed by atoms with van der Waals surface area (Å²) in [6.07, 6.45) is 4.19. The van der Waals surface area contributed by atoms with Gasteiger partial charge in [0.15, 0.2) is 0 Å². The number of rotatable bonds is 3. The van der Waals surface area contributed by atoms with Gasteiger partial charge < -0.3 is 10.1 Å². The molecular formula is C13H27NO. The highest BCUT2D eigenvalue weighted by Crippen LogP contribution is 2.29. The molecule has 1 aliphatic carbocycles. The Morgan fingerprint density at radius 3 is 2.47 bits per heavy atom. The van der Waals surface area contributed by atoms with Crippen molar-refractivity contribution in [3.05, 3.63) is 0 Å².